The molecular formula is C14H16AlN3O3. The van der Waals surface area contributed by atoms with E-state index in [1.807, 2.05) is 0 Å². The van der Waals surface area contributed by atoms with E-state index >= 15 is 0 Å². The Morgan fingerprint density at radius 2 is 2.05 bits per heavy atom. The molecule has 0 atom stereocenters. The molecule has 0 aliphatic heterocycles. The Bertz CT molecular complexity index is 665. The summed E-state index contributed by atoms with van der Waals surface area (Å²) in [6.07, 6.45) is 3.49. The van der Waals surface area contributed by atoms with E-state index in [2.05, 4.69) is 40.4 Å². The van der Waals surface area contributed by atoms with Crippen LogP contribution in [0.15, 0.2) is 24.4 Å². The molecule has 0 amide bonds. The lowest BCUT2D eigenvalue weighted by atomic mass is 9.98. The molecule has 0 unspecified atom stereocenters. The predicted molar refractivity (Wildman–Crippen MR) is 78.0 cm³/mol. The number of rotatable bonds is 5. The minimum Gasteiger partial charge on any atom is -0.505 e. The highest BCUT2D eigenvalue weighted by Gasteiger charge is 2.25. The minimum absolute atomic E-state index is 0.160. The Labute approximate surface area is 130 Å². The van der Waals surface area contributed by atoms with Gasteiger partial charge >= 0.3 is 5.97 Å². The van der Waals surface area contributed by atoms with Crippen molar-refractivity contribution < 1.29 is 15.0 Å². The maximum absolute atomic E-state index is 11.1. The first-order valence-corrected chi connectivity index (χ1v) is 7.28. The summed E-state index contributed by atoms with van der Waals surface area (Å²) in [6, 6.07) is 4.51. The molecule has 0 saturated heterocycles. The summed E-state index contributed by atoms with van der Waals surface area (Å²) in [5.74, 6) is -1.50. The number of nitrogens with zero attached hydrogens (tertiary/aromatic N) is 3. The molecule has 108 valence electrons. The summed E-state index contributed by atoms with van der Waals surface area (Å²) in [5.41, 5.74) is 0.929. The Morgan fingerprint density at radius 1 is 1.38 bits per heavy atom. The lowest BCUT2D eigenvalue weighted by Gasteiger charge is -2.24. The van der Waals surface area contributed by atoms with Crippen molar-refractivity contribution in [2.24, 2.45) is 0 Å². The molecule has 0 saturated carbocycles. The van der Waals surface area contributed by atoms with Crippen LogP contribution in [0.5, 0.6) is 5.75 Å². The lowest BCUT2D eigenvalue weighted by Crippen LogP contribution is -2.25. The molecule has 2 radical (unpaired) electrons. The van der Waals surface area contributed by atoms with Crippen LogP contribution in [0.25, 0.3) is 5.69 Å². The summed E-state index contributed by atoms with van der Waals surface area (Å²) in [6.45, 7) is 4.14. The fourth-order valence-corrected chi connectivity index (χ4v) is 2.24. The summed E-state index contributed by atoms with van der Waals surface area (Å²) in [5, 5.41) is 27.3. The standard InChI is InChI=1S/C14H16N3O3.Al/c1-3-9(4-2)11-8-17(16-15-11)12-7-5-6-10(13(12)18)14(19)20;/h5-8,18H,3-4H2,1-2H3,(H,19,20);. The van der Waals surface area contributed by atoms with E-state index in [0.717, 1.165) is 18.5 Å². The number of phenols is 1. The predicted octanol–water partition coefficient (Wildman–Crippen LogP) is 1.85. The second-order valence-electron chi connectivity index (χ2n) is 4.89. The Morgan fingerprint density at radius 3 is 2.62 bits per heavy atom. The van der Waals surface area contributed by atoms with Gasteiger partial charge in [-0.25, -0.2) is 9.48 Å². The third-order valence-electron chi connectivity index (χ3n) is 3.76. The number of aromatic nitrogens is 3. The fourth-order valence-electron chi connectivity index (χ4n) is 2.11. The molecule has 21 heavy (non-hydrogen) atoms. The normalized spacial score (nSPS) is 11.5. The van der Waals surface area contributed by atoms with Gasteiger partial charge in [0.2, 0.25) is 0 Å². The van der Waals surface area contributed by atoms with E-state index in [-0.39, 0.29) is 15.6 Å². The first-order valence-electron chi connectivity index (χ1n) is 6.70. The van der Waals surface area contributed by atoms with Gasteiger partial charge in [-0.15, -0.1) is 5.10 Å². The van der Waals surface area contributed by atoms with Gasteiger partial charge in [0.1, 0.15) is 27.5 Å². The van der Waals surface area contributed by atoms with Gasteiger partial charge in [0.25, 0.3) is 0 Å². The van der Waals surface area contributed by atoms with Crippen LogP contribution in [0.3, 0.4) is 0 Å². The van der Waals surface area contributed by atoms with Crippen molar-refractivity contribution in [1.82, 2.24) is 15.0 Å². The number of para-hydroxylation sites is 1. The van der Waals surface area contributed by atoms with Gasteiger partial charge in [0.05, 0.1) is 11.9 Å². The average Bonchev–Trinajstić information content (AvgIpc) is 2.96. The van der Waals surface area contributed by atoms with Crippen LogP contribution < -0.4 is 0 Å². The molecule has 7 heteroatoms. The zero-order valence-corrected chi connectivity index (χ0v) is 13.1. The number of carboxylic acids is 1. The van der Waals surface area contributed by atoms with Gasteiger partial charge in [-0.05, 0) is 12.1 Å². The molecule has 2 aromatic rings. The highest BCUT2D eigenvalue weighted by Crippen LogP contribution is 2.29. The monoisotopic (exact) mass is 301 g/mol. The van der Waals surface area contributed by atoms with Crippen LogP contribution in [0.2, 0.25) is 0 Å². The number of aromatic hydroxyl groups is 1. The van der Waals surface area contributed by atoms with E-state index in [1.165, 1.54) is 10.7 Å². The molecule has 0 aliphatic rings. The summed E-state index contributed by atoms with van der Waals surface area (Å²) in [4.78, 5) is 11.1. The Hall–Kier alpha value is -1.84. The van der Waals surface area contributed by atoms with Crippen molar-refractivity contribution in [2.75, 3.05) is 0 Å². The molecule has 1 aromatic heterocycles. The van der Waals surface area contributed by atoms with E-state index < -0.39 is 5.97 Å². The fraction of sp³-hybridized carbons (Fsp3) is 0.357. The number of aromatic carboxylic acids is 1. The SMILES string of the molecule is CC[C]([Al])(CC)c1cn(-c2cccc(C(=O)O)c2O)nn1. The van der Waals surface area contributed by atoms with Gasteiger partial charge in [-0.3, -0.25) is 0 Å². The van der Waals surface area contributed by atoms with E-state index in [1.54, 1.807) is 18.3 Å². The molecule has 0 fully saturated rings. The highest BCUT2D eigenvalue weighted by molar-refractivity contribution is 6.15. The quantitative estimate of drug-likeness (QED) is 0.823. The van der Waals surface area contributed by atoms with Gasteiger partial charge in [-0.1, -0.05) is 42.2 Å². The average molecular weight is 301 g/mol. The molecule has 0 bridgehead atoms. The van der Waals surface area contributed by atoms with Crippen molar-refractivity contribution in [3.05, 3.63) is 35.7 Å². The second-order valence-corrected chi connectivity index (χ2v) is 6.00. The number of benzene rings is 1. The van der Waals surface area contributed by atoms with Crippen LogP contribution in [0, 0.1) is 0 Å². The van der Waals surface area contributed by atoms with Crippen molar-refractivity contribution >= 4 is 22.3 Å². The Kier molecular flexibility index (Phi) is 4.35. The lowest BCUT2D eigenvalue weighted by molar-refractivity contribution is 0.0693. The molecule has 0 spiro atoms. The molecular weight excluding hydrogens is 285 g/mol. The van der Waals surface area contributed by atoms with Gasteiger partial charge in [0, 0.05) is 0 Å². The van der Waals surface area contributed by atoms with Gasteiger partial charge < -0.3 is 10.2 Å². The van der Waals surface area contributed by atoms with Crippen LogP contribution in [-0.4, -0.2) is 47.5 Å². The van der Waals surface area contributed by atoms with Crippen LogP contribution >= 0.6 is 0 Å². The molecule has 2 rings (SSSR count). The van der Waals surface area contributed by atoms with E-state index in [0.29, 0.717) is 5.69 Å². The van der Waals surface area contributed by atoms with Crippen LogP contribution in [0.4, 0.5) is 0 Å². The van der Waals surface area contributed by atoms with Crippen LogP contribution in [0.1, 0.15) is 42.7 Å². The molecule has 2 N–H and O–H groups in total. The smallest absolute Gasteiger partial charge is 0.339 e. The van der Waals surface area contributed by atoms with Crippen molar-refractivity contribution in [1.29, 1.82) is 0 Å². The molecule has 1 aromatic carbocycles. The number of hydrogen-bond donors (Lipinski definition) is 2. The largest absolute Gasteiger partial charge is 0.505 e. The van der Waals surface area contributed by atoms with Gasteiger partial charge in [0.15, 0.2) is 5.75 Å². The third kappa shape index (κ3) is 2.80. The minimum atomic E-state index is -1.18. The molecule has 6 nitrogen and oxygen atoms in total. The van der Waals surface area contributed by atoms with E-state index in [9.17, 15) is 9.90 Å². The van der Waals surface area contributed by atoms with Crippen molar-refractivity contribution in [3.8, 4) is 11.4 Å². The first kappa shape index (κ1) is 15.5. The second kappa shape index (κ2) is 5.88. The van der Waals surface area contributed by atoms with Gasteiger partial charge in [-0.2, -0.15) is 0 Å². The van der Waals surface area contributed by atoms with Crippen molar-refractivity contribution in [3.63, 3.8) is 0 Å². The molecule has 0 aliphatic carbocycles. The molecule has 1 heterocycles. The van der Waals surface area contributed by atoms with E-state index in [4.69, 9.17) is 5.11 Å². The summed E-state index contributed by atoms with van der Waals surface area (Å²) < 4.78 is 1.24. The zero-order valence-electron chi connectivity index (χ0n) is 11.9. The maximum atomic E-state index is 11.1. The summed E-state index contributed by atoms with van der Waals surface area (Å²) in [7, 11) is 0. The number of hydrogen-bond acceptors (Lipinski definition) is 4. The topological polar surface area (TPSA) is 88.2 Å². The van der Waals surface area contributed by atoms with Crippen LogP contribution in [-0.2, 0) is 4.28 Å². The zero-order chi connectivity index (χ0) is 15.6. The highest BCUT2D eigenvalue weighted by atomic mass is 27.0. The Balaban J connectivity index is 2.48. The maximum Gasteiger partial charge on any atom is 0.339 e. The first-order chi connectivity index (χ1) is 9.92. The summed E-state index contributed by atoms with van der Waals surface area (Å²) >= 11 is 2.80. The number of carbonyl (C=O) groups is 1. The number of carboxylic acid groups (broad SMARTS) is 1. The third-order valence-corrected chi connectivity index (χ3v) is 4.87. The van der Waals surface area contributed by atoms with Crippen molar-refractivity contribution in [2.45, 2.75) is 31.0 Å².